The standard InChI is InChI=1S/C18H15Cl2N3O2S2/c1-11-3-7-14(8-4-11)27(24,25)23-16-17(20)21-10-22-18(16)26-15-9-13(19)6-5-12(15)2/h3-10,23H,1-2H3. The maximum Gasteiger partial charge on any atom is 0.262 e. The number of hydrogen-bond acceptors (Lipinski definition) is 5. The number of nitrogens with zero attached hydrogens (tertiary/aromatic N) is 2. The van der Waals surface area contributed by atoms with E-state index < -0.39 is 10.0 Å². The highest BCUT2D eigenvalue weighted by Gasteiger charge is 2.20. The molecule has 0 saturated carbocycles. The van der Waals surface area contributed by atoms with E-state index in [2.05, 4.69) is 14.7 Å². The lowest BCUT2D eigenvalue weighted by atomic mass is 10.2. The highest BCUT2D eigenvalue weighted by atomic mass is 35.5. The summed E-state index contributed by atoms with van der Waals surface area (Å²) < 4.78 is 28.0. The van der Waals surface area contributed by atoms with E-state index in [9.17, 15) is 8.42 Å². The van der Waals surface area contributed by atoms with Crippen molar-refractivity contribution >= 4 is 50.7 Å². The van der Waals surface area contributed by atoms with Crippen LogP contribution in [0.4, 0.5) is 5.69 Å². The summed E-state index contributed by atoms with van der Waals surface area (Å²) in [5.41, 5.74) is 2.07. The minimum absolute atomic E-state index is 0.0165. The molecule has 0 amide bonds. The Labute approximate surface area is 172 Å². The summed E-state index contributed by atoms with van der Waals surface area (Å²) in [5, 5.41) is 0.976. The zero-order chi connectivity index (χ0) is 19.6. The van der Waals surface area contributed by atoms with Crippen LogP contribution >= 0.6 is 35.0 Å². The molecule has 0 radical (unpaired) electrons. The van der Waals surface area contributed by atoms with Gasteiger partial charge in [0.15, 0.2) is 5.15 Å². The molecule has 0 fully saturated rings. The quantitative estimate of drug-likeness (QED) is 0.542. The molecule has 1 N–H and O–H groups in total. The van der Waals surface area contributed by atoms with Crippen LogP contribution in [0.15, 0.2) is 63.6 Å². The third kappa shape index (κ3) is 4.73. The van der Waals surface area contributed by atoms with Crippen molar-refractivity contribution in [3.8, 4) is 0 Å². The second-order valence-corrected chi connectivity index (χ2v) is 9.28. The van der Waals surface area contributed by atoms with Gasteiger partial charge in [0.1, 0.15) is 17.0 Å². The monoisotopic (exact) mass is 439 g/mol. The van der Waals surface area contributed by atoms with Gasteiger partial charge in [0, 0.05) is 9.92 Å². The fraction of sp³-hybridized carbons (Fsp3) is 0.111. The van der Waals surface area contributed by atoms with Gasteiger partial charge in [0.2, 0.25) is 0 Å². The van der Waals surface area contributed by atoms with Crippen molar-refractivity contribution in [2.45, 2.75) is 28.7 Å². The second kappa shape index (κ2) is 8.06. The summed E-state index contributed by atoms with van der Waals surface area (Å²) in [7, 11) is -3.84. The fourth-order valence-corrected chi connectivity index (χ4v) is 4.85. The van der Waals surface area contributed by atoms with E-state index in [4.69, 9.17) is 23.2 Å². The normalized spacial score (nSPS) is 11.4. The fourth-order valence-electron chi connectivity index (χ4n) is 2.21. The first-order valence-electron chi connectivity index (χ1n) is 7.80. The van der Waals surface area contributed by atoms with E-state index in [1.807, 2.05) is 19.9 Å². The summed E-state index contributed by atoms with van der Waals surface area (Å²) >= 11 is 13.5. The minimum atomic E-state index is -3.84. The van der Waals surface area contributed by atoms with Gasteiger partial charge >= 0.3 is 0 Å². The van der Waals surface area contributed by atoms with E-state index in [1.54, 1.807) is 24.3 Å². The number of anilines is 1. The van der Waals surface area contributed by atoms with Gasteiger partial charge in [0.05, 0.1) is 4.90 Å². The third-order valence-electron chi connectivity index (χ3n) is 3.69. The van der Waals surface area contributed by atoms with Crippen LogP contribution in [-0.2, 0) is 10.0 Å². The van der Waals surface area contributed by atoms with E-state index in [1.165, 1.54) is 30.2 Å². The van der Waals surface area contributed by atoms with Gasteiger partial charge in [-0.05, 0) is 43.7 Å². The van der Waals surface area contributed by atoms with Gasteiger partial charge in [-0.3, -0.25) is 4.72 Å². The van der Waals surface area contributed by atoms with Crippen molar-refractivity contribution in [2.75, 3.05) is 4.72 Å². The maximum atomic E-state index is 12.7. The van der Waals surface area contributed by atoms with Crippen LogP contribution in [0.3, 0.4) is 0 Å². The van der Waals surface area contributed by atoms with Crippen LogP contribution in [0, 0.1) is 13.8 Å². The SMILES string of the molecule is Cc1ccc(S(=O)(=O)Nc2c(Cl)ncnc2Sc2cc(Cl)ccc2C)cc1. The average molecular weight is 440 g/mol. The molecule has 1 aromatic heterocycles. The molecule has 0 atom stereocenters. The van der Waals surface area contributed by atoms with Crippen LogP contribution in [0.1, 0.15) is 11.1 Å². The molecule has 0 aliphatic rings. The number of aromatic nitrogens is 2. The number of benzene rings is 2. The average Bonchev–Trinajstić information content (AvgIpc) is 2.61. The number of hydrogen-bond donors (Lipinski definition) is 1. The Bertz CT molecular complexity index is 1090. The Hall–Kier alpha value is -1.80. The molecule has 2 aromatic carbocycles. The molecule has 0 unspecified atom stereocenters. The predicted molar refractivity (Wildman–Crippen MR) is 109 cm³/mol. The van der Waals surface area contributed by atoms with Crippen LogP contribution in [0.25, 0.3) is 0 Å². The van der Waals surface area contributed by atoms with E-state index >= 15 is 0 Å². The molecule has 1 heterocycles. The minimum Gasteiger partial charge on any atom is -0.274 e. The maximum absolute atomic E-state index is 12.7. The van der Waals surface area contributed by atoms with Crippen molar-refractivity contribution in [2.24, 2.45) is 0 Å². The van der Waals surface area contributed by atoms with Gasteiger partial charge in [-0.25, -0.2) is 18.4 Å². The van der Waals surface area contributed by atoms with E-state index in [0.717, 1.165) is 16.0 Å². The number of sulfonamides is 1. The smallest absolute Gasteiger partial charge is 0.262 e. The van der Waals surface area contributed by atoms with Crippen LogP contribution in [-0.4, -0.2) is 18.4 Å². The summed E-state index contributed by atoms with van der Waals surface area (Å²) in [5.74, 6) is 0. The van der Waals surface area contributed by atoms with E-state index in [-0.39, 0.29) is 15.7 Å². The largest absolute Gasteiger partial charge is 0.274 e. The van der Waals surface area contributed by atoms with Gasteiger partial charge in [-0.1, -0.05) is 58.7 Å². The van der Waals surface area contributed by atoms with E-state index in [0.29, 0.717) is 10.0 Å². The van der Waals surface area contributed by atoms with Crippen molar-refractivity contribution in [1.29, 1.82) is 0 Å². The predicted octanol–water partition coefficient (Wildman–Crippen LogP) is 5.35. The summed E-state index contributed by atoms with van der Waals surface area (Å²) in [6.45, 7) is 3.81. The van der Waals surface area contributed by atoms with Gasteiger partial charge < -0.3 is 0 Å². The van der Waals surface area contributed by atoms with Gasteiger partial charge in [-0.2, -0.15) is 0 Å². The Kier molecular flexibility index (Phi) is 5.95. The molecule has 140 valence electrons. The Morgan fingerprint density at radius 1 is 1.00 bits per heavy atom. The molecule has 0 spiro atoms. The molecule has 5 nitrogen and oxygen atoms in total. The second-order valence-electron chi connectivity index (χ2n) is 5.78. The van der Waals surface area contributed by atoms with Crippen LogP contribution in [0.5, 0.6) is 0 Å². The molecule has 3 aromatic rings. The Morgan fingerprint density at radius 3 is 2.41 bits per heavy atom. The first-order chi connectivity index (χ1) is 12.8. The Morgan fingerprint density at radius 2 is 1.70 bits per heavy atom. The van der Waals surface area contributed by atoms with Crippen molar-refractivity contribution in [3.63, 3.8) is 0 Å². The van der Waals surface area contributed by atoms with Crippen molar-refractivity contribution < 1.29 is 8.42 Å². The molecule has 0 aliphatic heterocycles. The lowest BCUT2D eigenvalue weighted by Gasteiger charge is -2.13. The first kappa shape index (κ1) is 19.9. The zero-order valence-electron chi connectivity index (χ0n) is 14.4. The summed E-state index contributed by atoms with van der Waals surface area (Å²) in [6.07, 6.45) is 1.29. The summed E-state index contributed by atoms with van der Waals surface area (Å²) in [4.78, 5) is 9.06. The number of nitrogens with one attached hydrogen (secondary N) is 1. The molecule has 9 heteroatoms. The molecule has 27 heavy (non-hydrogen) atoms. The Balaban J connectivity index is 1.98. The number of rotatable bonds is 5. The topological polar surface area (TPSA) is 72.0 Å². The van der Waals surface area contributed by atoms with Crippen molar-refractivity contribution in [3.05, 3.63) is 70.1 Å². The van der Waals surface area contributed by atoms with Gasteiger partial charge in [-0.15, -0.1) is 0 Å². The number of aryl methyl sites for hydroxylation is 2. The highest BCUT2D eigenvalue weighted by molar-refractivity contribution is 7.99. The third-order valence-corrected chi connectivity index (χ3v) is 6.74. The molecular formula is C18H15Cl2N3O2S2. The highest BCUT2D eigenvalue weighted by Crippen LogP contribution is 2.38. The molecule has 0 saturated heterocycles. The first-order valence-corrected chi connectivity index (χ1v) is 10.9. The molecule has 3 rings (SSSR count). The van der Waals surface area contributed by atoms with Crippen LogP contribution < -0.4 is 4.72 Å². The molecule has 0 bridgehead atoms. The zero-order valence-corrected chi connectivity index (χ0v) is 17.5. The lowest BCUT2D eigenvalue weighted by Crippen LogP contribution is -2.14. The molecular weight excluding hydrogens is 425 g/mol. The van der Waals surface area contributed by atoms with Crippen molar-refractivity contribution in [1.82, 2.24) is 9.97 Å². The lowest BCUT2D eigenvalue weighted by molar-refractivity contribution is 0.601. The van der Waals surface area contributed by atoms with Crippen LogP contribution in [0.2, 0.25) is 10.2 Å². The van der Waals surface area contributed by atoms with Gasteiger partial charge in [0.25, 0.3) is 10.0 Å². The molecule has 0 aliphatic carbocycles. The number of halogens is 2. The summed E-state index contributed by atoms with van der Waals surface area (Å²) in [6, 6.07) is 12.0.